The Balaban J connectivity index is 2.23. The lowest BCUT2D eigenvalue weighted by Crippen LogP contribution is -2.26. The number of hydrogen-bond donors (Lipinski definition) is 0. The highest BCUT2D eigenvalue weighted by Crippen LogP contribution is 2.32. The Bertz CT molecular complexity index is 415. The molecule has 0 N–H and O–H groups in total. The first-order chi connectivity index (χ1) is 7.78. The number of rotatable bonds is 1. The van der Waals surface area contributed by atoms with Gasteiger partial charge >= 0.3 is 6.18 Å². The van der Waals surface area contributed by atoms with Crippen molar-refractivity contribution in [2.75, 3.05) is 18.0 Å². The Morgan fingerprint density at radius 3 is 2.47 bits per heavy atom. The highest BCUT2D eigenvalue weighted by Gasteiger charge is 2.39. The first-order valence-electron chi connectivity index (χ1n) is 4.95. The fourth-order valence-electron chi connectivity index (χ4n) is 1.69. The van der Waals surface area contributed by atoms with Crippen LogP contribution in [0, 0.1) is 0 Å². The number of aromatic nitrogens is 1. The number of anilines is 1. The van der Waals surface area contributed by atoms with E-state index in [-0.39, 0.29) is 18.8 Å². The molecule has 0 unspecified atom stereocenters. The molecule has 0 aliphatic carbocycles. The zero-order chi connectivity index (χ0) is 12.7. The predicted octanol–water partition coefficient (Wildman–Crippen LogP) is 2.95. The lowest BCUT2D eigenvalue weighted by Gasteiger charge is -2.18. The van der Waals surface area contributed by atoms with Crippen LogP contribution in [0.3, 0.4) is 0 Å². The highest BCUT2D eigenvalue weighted by molar-refractivity contribution is 5.41. The molecular weight excluding hydrogens is 243 g/mol. The Morgan fingerprint density at radius 1 is 1.24 bits per heavy atom. The van der Waals surface area contributed by atoms with Crippen molar-refractivity contribution in [1.29, 1.82) is 0 Å². The molecule has 1 aromatic rings. The average Bonchev–Trinajstić information content (AvgIpc) is 2.58. The minimum absolute atomic E-state index is 0.0152. The van der Waals surface area contributed by atoms with Crippen LogP contribution in [0.1, 0.15) is 12.1 Å². The SMILES string of the molecule is FC1(F)CCN(c2cccc(C(F)(F)F)n2)C1. The Labute approximate surface area is 94.1 Å². The average molecular weight is 252 g/mol. The number of hydrogen-bond acceptors (Lipinski definition) is 2. The number of pyridine rings is 1. The van der Waals surface area contributed by atoms with Gasteiger partial charge in [0.1, 0.15) is 11.5 Å². The summed E-state index contributed by atoms with van der Waals surface area (Å²) in [6.45, 7) is -0.567. The molecule has 1 saturated heterocycles. The summed E-state index contributed by atoms with van der Waals surface area (Å²) >= 11 is 0. The van der Waals surface area contributed by atoms with Crippen LogP contribution in [0.15, 0.2) is 18.2 Å². The smallest absolute Gasteiger partial charge is 0.350 e. The van der Waals surface area contributed by atoms with Gasteiger partial charge in [-0.3, -0.25) is 0 Å². The fourth-order valence-corrected chi connectivity index (χ4v) is 1.69. The van der Waals surface area contributed by atoms with Crippen LogP contribution >= 0.6 is 0 Å². The predicted molar refractivity (Wildman–Crippen MR) is 51.0 cm³/mol. The maximum atomic E-state index is 12.9. The third kappa shape index (κ3) is 2.65. The molecule has 0 radical (unpaired) electrons. The molecule has 0 saturated carbocycles. The summed E-state index contributed by atoms with van der Waals surface area (Å²) in [5, 5.41) is 0. The van der Waals surface area contributed by atoms with Gasteiger partial charge < -0.3 is 4.90 Å². The first-order valence-corrected chi connectivity index (χ1v) is 4.95. The van der Waals surface area contributed by atoms with Gasteiger partial charge in [-0.25, -0.2) is 13.8 Å². The van der Waals surface area contributed by atoms with Crippen LogP contribution in [-0.4, -0.2) is 24.0 Å². The molecule has 0 atom stereocenters. The summed E-state index contributed by atoms with van der Waals surface area (Å²) < 4.78 is 63.0. The summed E-state index contributed by atoms with van der Waals surface area (Å²) in [5.74, 6) is -2.91. The van der Waals surface area contributed by atoms with E-state index in [4.69, 9.17) is 0 Å². The third-order valence-electron chi connectivity index (χ3n) is 2.52. The maximum absolute atomic E-state index is 12.9. The molecule has 7 heteroatoms. The first kappa shape index (κ1) is 12.1. The van der Waals surface area contributed by atoms with Crippen molar-refractivity contribution in [2.45, 2.75) is 18.5 Å². The van der Waals surface area contributed by atoms with Crippen LogP contribution in [0.5, 0.6) is 0 Å². The van der Waals surface area contributed by atoms with E-state index in [9.17, 15) is 22.0 Å². The van der Waals surface area contributed by atoms with Crippen LogP contribution in [0.25, 0.3) is 0 Å². The molecular formula is C10H9F5N2. The lowest BCUT2D eigenvalue weighted by atomic mass is 10.3. The van der Waals surface area contributed by atoms with E-state index in [1.807, 2.05) is 0 Å². The number of alkyl halides is 5. The van der Waals surface area contributed by atoms with Crippen molar-refractivity contribution in [3.63, 3.8) is 0 Å². The largest absolute Gasteiger partial charge is 0.433 e. The van der Waals surface area contributed by atoms with E-state index < -0.39 is 24.3 Å². The third-order valence-corrected chi connectivity index (χ3v) is 2.52. The van der Waals surface area contributed by atoms with E-state index in [2.05, 4.69) is 4.98 Å². The van der Waals surface area contributed by atoms with Crippen LogP contribution < -0.4 is 4.90 Å². The monoisotopic (exact) mass is 252 g/mol. The van der Waals surface area contributed by atoms with Gasteiger partial charge in [-0.05, 0) is 12.1 Å². The molecule has 1 aliphatic rings. The second-order valence-electron chi connectivity index (χ2n) is 3.91. The van der Waals surface area contributed by atoms with Crippen molar-refractivity contribution >= 4 is 5.82 Å². The van der Waals surface area contributed by atoms with E-state index in [0.717, 1.165) is 11.0 Å². The summed E-state index contributed by atoms with van der Waals surface area (Å²) in [6.07, 6.45) is -4.91. The molecule has 1 aliphatic heterocycles. The molecule has 0 bridgehead atoms. The molecule has 0 aromatic carbocycles. The number of halogens is 5. The van der Waals surface area contributed by atoms with Gasteiger partial charge in [-0.15, -0.1) is 0 Å². The second-order valence-corrected chi connectivity index (χ2v) is 3.91. The topological polar surface area (TPSA) is 16.1 Å². The second kappa shape index (κ2) is 3.82. The standard InChI is InChI=1S/C10H9F5N2/c11-9(12)4-5-17(6-9)8-3-1-2-7(16-8)10(13,14)15/h1-3H,4-6H2. The van der Waals surface area contributed by atoms with Crippen molar-refractivity contribution in [1.82, 2.24) is 4.98 Å². The minimum atomic E-state index is -4.56. The molecule has 17 heavy (non-hydrogen) atoms. The van der Waals surface area contributed by atoms with Crippen LogP contribution in [0.2, 0.25) is 0 Å². The van der Waals surface area contributed by atoms with Gasteiger partial charge in [-0.2, -0.15) is 13.2 Å². The zero-order valence-electron chi connectivity index (χ0n) is 8.64. The highest BCUT2D eigenvalue weighted by atomic mass is 19.4. The van der Waals surface area contributed by atoms with Gasteiger partial charge in [-0.1, -0.05) is 6.07 Å². The molecule has 2 heterocycles. The minimum Gasteiger partial charge on any atom is -0.350 e. The van der Waals surface area contributed by atoms with Gasteiger partial charge in [0.05, 0.1) is 6.54 Å². The molecule has 0 amide bonds. The molecule has 1 fully saturated rings. The summed E-state index contributed by atoms with van der Waals surface area (Å²) in [4.78, 5) is 4.52. The maximum Gasteiger partial charge on any atom is 0.433 e. The Kier molecular flexibility index (Phi) is 2.71. The molecule has 2 rings (SSSR count). The van der Waals surface area contributed by atoms with Gasteiger partial charge in [0.15, 0.2) is 0 Å². The van der Waals surface area contributed by atoms with Crippen molar-refractivity contribution in [3.8, 4) is 0 Å². The van der Waals surface area contributed by atoms with Crippen molar-refractivity contribution < 1.29 is 22.0 Å². The van der Waals surface area contributed by atoms with E-state index >= 15 is 0 Å². The lowest BCUT2D eigenvalue weighted by molar-refractivity contribution is -0.141. The quantitative estimate of drug-likeness (QED) is 0.714. The normalized spacial score (nSPS) is 19.7. The summed E-state index contributed by atoms with van der Waals surface area (Å²) in [7, 11) is 0. The summed E-state index contributed by atoms with van der Waals surface area (Å²) in [5.41, 5.74) is -1.06. The van der Waals surface area contributed by atoms with E-state index in [0.29, 0.717) is 0 Å². The fraction of sp³-hybridized carbons (Fsp3) is 0.500. The Morgan fingerprint density at radius 2 is 1.94 bits per heavy atom. The molecule has 1 aromatic heterocycles. The van der Waals surface area contributed by atoms with Gasteiger partial charge in [0.25, 0.3) is 5.92 Å². The molecule has 2 nitrogen and oxygen atoms in total. The Hall–Kier alpha value is -1.40. The van der Waals surface area contributed by atoms with E-state index in [1.54, 1.807) is 0 Å². The van der Waals surface area contributed by atoms with E-state index in [1.165, 1.54) is 12.1 Å². The summed E-state index contributed by atoms with van der Waals surface area (Å²) in [6, 6.07) is 3.29. The van der Waals surface area contributed by atoms with Crippen LogP contribution in [-0.2, 0) is 6.18 Å². The van der Waals surface area contributed by atoms with Crippen molar-refractivity contribution in [3.05, 3.63) is 23.9 Å². The zero-order valence-corrected chi connectivity index (χ0v) is 8.64. The number of nitrogens with zero attached hydrogens (tertiary/aromatic N) is 2. The molecule has 94 valence electrons. The van der Waals surface area contributed by atoms with Gasteiger partial charge in [0, 0.05) is 13.0 Å². The van der Waals surface area contributed by atoms with Gasteiger partial charge in [0.2, 0.25) is 0 Å². The molecule has 0 spiro atoms. The van der Waals surface area contributed by atoms with Crippen molar-refractivity contribution in [2.24, 2.45) is 0 Å². The van der Waals surface area contributed by atoms with Crippen LogP contribution in [0.4, 0.5) is 27.8 Å².